The molecule has 1 N–H and O–H groups in total. The zero-order valence-electron chi connectivity index (χ0n) is 4.89. The van der Waals surface area contributed by atoms with Gasteiger partial charge < -0.3 is 9.63 Å². The molecule has 1 aromatic heterocycles. The fourth-order valence-electron chi connectivity index (χ4n) is 0.493. The van der Waals surface area contributed by atoms with Crippen LogP contribution in [0.4, 0.5) is 0 Å². The molecule has 50 valence electrons. The molecule has 0 amide bonds. The molecule has 3 nitrogen and oxygen atoms in total. The van der Waals surface area contributed by atoms with Gasteiger partial charge in [-0.15, -0.1) is 0 Å². The summed E-state index contributed by atoms with van der Waals surface area (Å²) in [6, 6.07) is 0. The van der Waals surface area contributed by atoms with Gasteiger partial charge >= 0.3 is 0 Å². The zero-order chi connectivity index (χ0) is 6.85. The van der Waals surface area contributed by atoms with Gasteiger partial charge in [0.15, 0.2) is 0 Å². The third-order valence-corrected chi connectivity index (χ3v) is 1.85. The number of aliphatic hydroxyl groups is 1. The van der Waals surface area contributed by atoms with Gasteiger partial charge in [0, 0.05) is 5.56 Å². The van der Waals surface area contributed by atoms with Gasteiger partial charge in [0.1, 0.15) is 5.69 Å². The van der Waals surface area contributed by atoms with Crippen molar-refractivity contribution in [3.05, 3.63) is 15.9 Å². The molecule has 0 aliphatic heterocycles. The monoisotopic (exact) mass is 191 g/mol. The van der Waals surface area contributed by atoms with Crippen LogP contribution in [0.2, 0.25) is 0 Å². The van der Waals surface area contributed by atoms with Gasteiger partial charge in [0.05, 0.1) is 6.61 Å². The van der Waals surface area contributed by atoms with E-state index in [1.165, 1.54) is 0 Å². The Morgan fingerprint density at radius 1 is 1.78 bits per heavy atom. The Hall–Kier alpha value is -0.350. The molecule has 1 heterocycles. The van der Waals surface area contributed by atoms with Gasteiger partial charge in [-0.25, -0.2) is 0 Å². The SMILES string of the molecule is Cc1c(CO)noc1Br. The van der Waals surface area contributed by atoms with E-state index in [0.29, 0.717) is 10.4 Å². The Morgan fingerprint density at radius 3 is 2.67 bits per heavy atom. The molecule has 0 aliphatic rings. The first kappa shape index (κ1) is 6.77. The van der Waals surface area contributed by atoms with Gasteiger partial charge in [0.25, 0.3) is 0 Å². The highest BCUT2D eigenvalue weighted by molar-refractivity contribution is 9.10. The number of rotatable bonds is 1. The number of aromatic nitrogens is 1. The molecule has 0 fully saturated rings. The van der Waals surface area contributed by atoms with E-state index in [1.807, 2.05) is 6.92 Å². The van der Waals surface area contributed by atoms with Crippen LogP contribution < -0.4 is 0 Å². The number of aliphatic hydroxyl groups excluding tert-OH is 1. The van der Waals surface area contributed by atoms with E-state index < -0.39 is 0 Å². The molecule has 1 rings (SSSR count). The maximum atomic E-state index is 8.59. The van der Waals surface area contributed by atoms with Crippen molar-refractivity contribution in [1.29, 1.82) is 0 Å². The maximum Gasteiger partial charge on any atom is 0.205 e. The molecule has 0 saturated carbocycles. The Labute approximate surface area is 60.8 Å². The van der Waals surface area contributed by atoms with E-state index in [0.717, 1.165) is 5.56 Å². The average Bonchev–Trinajstić information content (AvgIpc) is 2.15. The summed E-state index contributed by atoms with van der Waals surface area (Å²) in [4.78, 5) is 0. The quantitative estimate of drug-likeness (QED) is 0.727. The third-order valence-electron chi connectivity index (χ3n) is 1.11. The van der Waals surface area contributed by atoms with Crippen LogP contribution in [-0.4, -0.2) is 10.3 Å². The molecule has 0 aromatic carbocycles. The van der Waals surface area contributed by atoms with Crippen LogP contribution in [0.1, 0.15) is 11.3 Å². The smallest absolute Gasteiger partial charge is 0.205 e. The minimum absolute atomic E-state index is 0.0685. The fraction of sp³-hybridized carbons (Fsp3) is 0.400. The minimum Gasteiger partial charge on any atom is -0.390 e. The molecule has 0 spiro atoms. The van der Waals surface area contributed by atoms with Crippen molar-refractivity contribution < 1.29 is 9.63 Å². The zero-order valence-corrected chi connectivity index (χ0v) is 6.47. The molecule has 1 aromatic rings. The normalized spacial score (nSPS) is 10.1. The van der Waals surface area contributed by atoms with Crippen molar-refractivity contribution in [2.45, 2.75) is 13.5 Å². The molecular formula is C5H6BrNO2. The molecule has 9 heavy (non-hydrogen) atoms. The lowest BCUT2D eigenvalue weighted by Crippen LogP contribution is -1.83. The van der Waals surface area contributed by atoms with Gasteiger partial charge in [-0.05, 0) is 22.9 Å². The van der Waals surface area contributed by atoms with Gasteiger partial charge in [-0.3, -0.25) is 0 Å². The van der Waals surface area contributed by atoms with Gasteiger partial charge in [0.2, 0.25) is 4.67 Å². The number of hydrogen-bond acceptors (Lipinski definition) is 3. The summed E-state index contributed by atoms with van der Waals surface area (Å²) in [6.45, 7) is 1.76. The van der Waals surface area contributed by atoms with Crippen molar-refractivity contribution in [3.63, 3.8) is 0 Å². The number of nitrogens with zero attached hydrogens (tertiary/aromatic N) is 1. The molecule has 0 aliphatic carbocycles. The van der Waals surface area contributed by atoms with Gasteiger partial charge in [-0.1, -0.05) is 5.16 Å². The summed E-state index contributed by atoms with van der Waals surface area (Å²) in [5, 5.41) is 12.2. The average molecular weight is 192 g/mol. The van der Waals surface area contributed by atoms with Crippen LogP contribution in [0.5, 0.6) is 0 Å². The molecule has 0 bridgehead atoms. The summed E-state index contributed by atoms with van der Waals surface area (Å²) in [5.74, 6) is 0. The minimum atomic E-state index is -0.0685. The highest BCUT2D eigenvalue weighted by Gasteiger charge is 2.06. The van der Waals surface area contributed by atoms with Crippen molar-refractivity contribution >= 4 is 15.9 Å². The first-order valence-electron chi connectivity index (χ1n) is 2.47. The summed E-state index contributed by atoms with van der Waals surface area (Å²) >= 11 is 3.12. The van der Waals surface area contributed by atoms with E-state index in [2.05, 4.69) is 21.1 Å². The lowest BCUT2D eigenvalue weighted by Gasteiger charge is -1.84. The highest BCUT2D eigenvalue weighted by atomic mass is 79.9. The van der Waals surface area contributed by atoms with Crippen LogP contribution in [0.15, 0.2) is 9.19 Å². The summed E-state index contributed by atoms with van der Waals surface area (Å²) in [5.41, 5.74) is 1.44. The van der Waals surface area contributed by atoms with E-state index in [4.69, 9.17) is 9.63 Å². The lowest BCUT2D eigenvalue weighted by atomic mass is 10.3. The summed E-state index contributed by atoms with van der Waals surface area (Å²) in [6.07, 6.45) is 0. The van der Waals surface area contributed by atoms with Crippen molar-refractivity contribution in [2.75, 3.05) is 0 Å². The van der Waals surface area contributed by atoms with E-state index in [9.17, 15) is 0 Å². The van der Waals surface area contributed by atoms with E-state index in [-0.39, 0.29) is 6.61 Å². The number of hydrogen-bond donors (Lipinski definition) is 1. The Morgan fingerprint density at radius 2 is 2.44 bits per heavy atom. The number of halogens is 1. The van der Waals surface area contributed by atoms with Gasteiger partial charge in [-0.2, -0.15) is 0 Å². The largest absolute Gasteiger partial charge is 0.390 e. The summed E-state index contributed by atoms with van der Waals surface area (Å²) < 4.78 is 5.28. The first-order valence-corrected chi connectivity index (χ1v) is 3.26. The predicted molar refractivity (Wildman–Crippen MR) is 34.9 cm³/mol. The maximum absolute atomic E-state index is 8.59. The second-order valence-corrected chi connectivity index (χ2v) is 2.41. The Kier molecular flexibility index (Phi) is 1.87. The second-order valence-electron chi connectivity index (χ2n) is 1.69. The van der Waals surface area contributed by atoms with Crippen LogP contribution in [0, 0.1) is 6.92 Å². The first-order chi connectivity index (χ1) is 4.25. The van der Waals surface area contributed by atoms with Crippen LogP contribution >= 0.6 is 15.9 Å². The molecule has 0 unspecified atom stereocenters. The van der Waals surface area contributed by atoms with Crippen LogP contribution in [0.3, 0.4) is 0 Å². The molecule has 0 radical (unpaired) electrons. The Balaban J connectivity index is 3.04. The lowest BCUT2D eigenvalue weighted by molar-refractivity contribution is 0.265. The third kappa shape index (κ3) is 1.14. The molecule has 4 heteroatoms. The Bertz CT molecular complexity index is 209. The van der Waals surface area contributed by atoms with Crippen molar-refractivity contribution in [2.24, 2.45) is 0 Å². The molecular weight excluding hydrogens is 186 g/mol. The standard InChI is InChI=1S/C5H6BrNO2/c1-3-4(2-8)7-9-5(3)6/h8H,2H2,1H3. The highest BCUT2D eigenvalue weighted by Crippen LogP contribution is 2.18. The fourth-order valence-corrected chi connectivity index (χ4v) is 0.794. The van der Waals surface area contributed by atoms with Crippen LogP contribution in [0.25, 0.3) is 0 Å². The summed E-state index contributed by atoms with van der Waals surface area (Å²) in [7, 11) is 0. The van der Waals surface area contributed by atoms with Crippen molar-refractivity contribution in [3.8, 4) is 0 Å². The second kappa shape index (κ2) is 2.49. The van der Waals surface area contributed by atoms with Crippen LogP contribution in [-0.2, 0) is 6.61 Å². The predicted octanol–water partition coefficient (Wildman–Crippen LogP) is 1.24. The molecule has 0 saturated heterocycles. The molecule has 0 atom stereocenters. The van der Waals surface area contributed by atoms with Crippen molar-refractivity contribution in [1.82, 2.24) is 5.16 Å². The topological polar surface area (TPSA) is 46.3 Å². The van der Waals surface area contributed by atoms with E-state index >= 15 is 0 Å². The van der Waals surface area contributed by atoms with E-state index in [1.54, 1.807) is 0 Å².